The smallest absolute Gasteiger partial charge is 0.0109 e. The first-order valence-corrected chi connectivity index (χ1v) is 7.95. The molecule has 0 bridgehead atoms. The molecule has 0 spiro atoms. The van der Waals surface area contributed by atoms with Crippen LogP contribution in [0.5, 0.6) is 0 Å². The predicted molar refractivity (Wildman–Crippen MR) is 76.9 cm³/mol. The maximum absolute atomic E-state index is 3.56. The SMILES string of the molecule is CCNCC1CCCCCC1c1sccc1C. The molecule has 1 aromatic rings. The van der Waals surface area contributed by atoms with Gasteiger partial charge in [-0.2, -0.15) is 0 Å². The molecular weight excluding hydrogens is 226 g/mol. The van der Waals surface area contributed by atoms with Crippen molar-refractivity contribution in [2.75, 3.05) is 13.1 Å². The van der Waals surface area contributed by atoms with Gasteiger partial charge in [-0.1, -0.05) is 26.2 Å². The Morgan fingerprint density at radius 1 is 1.29 bits per heavy atom. The number of thiophene rings is 1. The molecule has 1 heterocycles. The molecule has 17 heavy (non-hydrogen) atoms. The third kappa shape index (κ3) is 3.32. The molecule has 0 amide bonds. The molecule has 2 atom stereocenters. The van der Waals surface area contributed by atoms with Crippen LogP contribution >= 0.6 is 11.3 Å². The second-order valence-corrected chi connectivity index (χ2v) is 6.23. The van der Waals surface area contributed by atoms with Crippen LogP contribution in [0.3, 0.4) is 0 Å². The van der Waals surface area contributed by atoms with Gasteiger partial charge in [0.2, 0.25) is 0 Å². The number of aryl methyl sites for hydroxylation is 1. The molecule has 0 saturated heterocycles. The highest BCUT2D eigenvalue weighted by molar-refractivity contribution is 7.10. The standard InChI is InChI=1S/C15H25NS/c1-3-16-11-13-7-5-4-6-8-14(13)15-12(2)9-10-17-15/h9-10,13-14,16H,3-8,11H2,1-2H3. The Hall–Kier alpha value is -0.340. The molecule has 2 heteroatoms. The van der Waals surface area contributed by atoms with E-state index in [1.807, 2.05) is 11.3 Å². The van der Waals surface area contributed by atoms with Crippen LogP contribution in [0.2, 0.25) is 0 Å². The topological polar surface area (TPSA) is 12.0 Å². The lowest BCUT2D eigenvalue weighted by atomic mass is 9.85. The Labute approximate surface area is 110 Å². The predicted octanol–water partition coefficient (Wildman–Crippen LogP) is 4.33. The van der Waals surface area contributed by atoms with Gasteiger partial charge in [0.1, 0.15) is 0 Å². The zero-order valence-electron chi connectivity index (χ0n) is 11.2. The van der Waals surface area contributed by atoms with Crippen molar-refractivity contribution < 1.29 is 0 Å². The van der Waals surface area contributed by atoms with Crippen molar-refractivity contribution in [1.82, 2.24) is 5.32 Å². The van der Waals surface area contributed by atoms with Gasteiger partial charge in [-0.3, -0.25) is 0 Å². The monoisotopic (exact) mass is 251 g/mol. The van der Waals surface area contributed by atoms with Crippen LogP contribution in [0.4, 0.5) is 0 Å². The van der Waals surface area contributed by atoms with Gasteiger partial charge in [0.15, 0.2) is 0 Å². The van der Waals surface area contributed by atoms with E-state index in [1.165, 1.54) is 44.2 Å². The molecule has 2 rings (SSSR count). The minimum atomic E-state index is 0.816. The van der Waals surface area contributed by atoms with Crippen LogP contribution < -0.4 is 5.32 Å². The van der Waals surface area contributed by atoms with Crippen molar-refractivity contribution in [2.45, 2.75) is 51.9 Å². The highest BCUT2D eigenvalue weighted by atomic mass is 32.1. The van der Waals surface area contributed by atoms with Crippen molar-refractivity contribution >= 4 is 11.3 Å². The molecule has 1 aromatic heterocycles. The van der Waals surface area contributed by atoms with Gasteiger partial charge in [-0.05, 0) is 61.7 Å². The molecule has 0 aliphatic heterocycles. The van der Waals surface area contributed by atoms with Crippen LogP contribution in [0, 0.1) is 12.8 Å². The van der Waals surface area contributed by atoms with E-state index in [0.29, 0.717) is 0 Å². The first kappa shape index (κ1) is 13.1. The van der Waals surface area contributed by atoms with Crippen molar-refractivity contribution in [3.8, 4) is 0 Å². The Kier molecular flexibility index (Phi) is 5.05. The van der Waals surface area contributed by atoms with E-state index in [4.69, 9.17) is 0 Å². The Bertz CT molecular complexity index is 331. The normalized spacial score (nSPS) is 25.8. The van der Waals surface area contributed by atoms with Crippen LogP contribution in [-0.2, 0) is 0 Å². The molecule has 1 aliphatic carbocycles. The van der Waals surface area contributed by atoms with E-state index in [9.17, 15) is 0 Å². The number of hydrogen-bond acceptors (Lipinski definition) is 2. The number of hydrogen-bond donors (Lipinski definition) is 1. The minimum Gasteiger partial charge on any atom is -0.317 e. The molecule has 1 N–H and O–H groups in total. The molecule has 2 unspecified atom stereocenters. The van der Waals surface area contributed by atoms with Crippen molar-refractivity contribution in [2.24, 2.45) is 5.92 Å². The second kappa shape index (κ2) is 6.55. The van der Waals surface area contributed by atoms with Crippen LogP contribution in [0.25, 0.3) is 0 Å². The molecule has 0 radical (unpaired) electrons. The quantitative estimate of drug-likeness (QED) is 0.785. The Morgan fingerprint density at radius 2 is 2.12 bits per heavy atom. The van der Waals surface area contributed by atoms with Gasteiger partial charge in [-0.15, -0.1) is 11.3 Å². The summed E-state index contributed by atoms with van der Waals surface area (Å²) in [7, 11) is 0. The third-order valence-electron chi connectivity index (χ3n) is 4.05. The van der Waals surface area contributed by atoms with E-state index in [2.05, 4.69) is 30.6 Å². The van der Waals surface area contributed by atoms with Crippen molar-refractivity contribution in [1.29, 1.82) is 0 Å². The fraction of sp³-hybridized carbons (Fsp3) is 0.733. The fourth-order valence-corrected chi connectivity index (χ4v) is 4.23. The van der Waals surface area contributed by atoms with Gasteiger partial charge >= 0.3 is 0 Å². The average Bonchev–Trinajstić information content (AvgIpc) is 2.63. The number of nitrogens with one attached hydrogen (secondary N) is 1. The van der Waals surface area contributed by atoms with E-state index in [-0.39, 0.29) is 0 Å². The summed E-state index contributed by atoms with van der Waals surface area (Å²) in [6.45, 7) is 6.80. The number of rotatable bonds is 4. The van der Waals surface area contributed by atoms with Gasteiger partial charge in [-0.25, -0.2) is 0 Å². The minimum absolute atomic E-state index is 0.816. The highest BCUT2D eigenvalue weighted by Crippen LogP contribution is 2.39. The fourth-order valence-electron chi connectivity index (χ4n) is 3.07. The second-order valence-electron chi connectivity index (χ2n) is 5.28. The summed E-state index contributed by atoms with van der Waals surface area (Å²) in [4.78, 5) is 1.66. The molecule has 0 aromatic carbocycles. The van der Waals surface area contributed by atoms with Crippen LogP contribution in [-0.4, -0.2) is 13.1 Å². The maximum Gasteiger partial charge on any atom is 0.0109 e. The van der Waals surface area contributed by atoms with Gasteiger partial charge in [0.05, 0.1) is 0 Å². The summed E-state index contributed by atoms with van der Waals surface area (Å²) in [5.74, 6) is 1.67. The molecule has 96 valence electrons. The van der Waals surface area contributed by atoms with E-state index >= 15 is 0 Å². The average molecular weight is 251 g/mol. The molecular formula is C15H25NS. The van der Waals surface area contributed by atoms with E-state index in [1.54, 1.807) is 4.88 Å². The van der Waals surface area contributed by atoms with Crippen LogP contribution in [0.1, 0.15) is 55.4 Å². The first-order valence-electron chi connectivity index (χ1n) is 7.07. The van der Waals surface area contributed by atoms with Crippen molar-refractivity contribution in [3.63, 3.8) is 0 Å². The lowest BCUT2D eigenvalue weighted by molar-refractivity contribution is 0.382. The Morgan fingerprint density at radius 3 is 2.82 bits per heavy atom. The molecule has 1 nitrogen and oxygen atoms in total. The molecule has 1 fully saturated rings. The van der Waals surface area contributed by atoms with Gasteiger partial charge < -0.3 is 5.32 Å². The summed E-state index contributed by atoms with van der Waals surface area (Å²) in [5.41, 5.74) is 1.52. The molecule has 1 aliphatic rings. The molecule has 1 saturated carbocycles. The van der Waals surface area contributed by atoms with E-state index in [0.717, 1.165) is 18.4 Å². The summed E-state index contributed by atoms with van der Waals surface area (Å²) in [6, 6.07) is 2.29. The lowest BCUT2D eigenvalue weighted by Crippen LogP contribution is -2.26. The first-order chi connectivity index (χ1) is 8.33. The van der Waals surface area contributed by atoms with Gasteiger partial charge in [0, 0.05) is 4.88 Å². The van der Waals surface area contributed by atoms with Gasteiger partial charge in [0.25, 0.3) is 0 Å². The highest BCUT2D eigenvalue weighted by Gasteiger charge is 2.26. The largest absolute Gasteiger partial charge is 0.317 e. The zero-order valence-corrected chi connectivity index (χ0v) is 12.0. The lowest BCUT2D eigenvalue weighted by Gasteiger charge is -2.25. The van der Waals surface area contributed by atoms with Crippen molar-refractivity contribution in [3.05, 3.63) is 21.9 Å². The summed E-state index contributed by atoms with van der Waals surface area (Å²) in [6.07, 6.45) is 7.09. The zero-order chi connectivity index (χ0) is 12.1. The Balaban J connectivity index is 2.11. The van der Waals surface area contributed by atoms with Crippen LogP contribution in [0.15, 0.2) is 11.4 Å². The summed E-state index contributed by atoms with van der Waals surface area (Å²) in [5, 5.41) is 5.83. The summed E-state index contributed by atoms with van der Waals surface area (Å²) < 4.78 is 0. The maximum atomic E-state index is 3.56. The summed E-state index contributed by atoms with van der Waals surface area (Å²) >= 11 is 1.97. The van der Waals surface area contributed by atoms with E-state index < -0.39 is 0 Å². The third-order valence-corrected chi connectivity index (χ3v) is 5.20.